The second kappa shape index (κ2) is 7.67. The van der Waals surface area contributed by atoms with Crippen LogP contribution in [0.15, 0.2) is 46.7 Å². The van der Waals surface area contributed by atoms with Gasteiger partial charge in [0.1, 0.15) is 0 Å². The van der Waals surface area contributed by atoms with Gasteiger partial charge in [-0.05, 0) is 30.7 Å². The molecule has 0 saturated heterocycles. The fourth-order valence-corrected chi connectivity index (χ4v) is 2.30. The third-order valence-electron chi connectivity index (χ3n) is 2.57. The van der Waals surface area contributed by atoms with E-state index in [2.05, 4.69) is 20.3 Å². The van der Waals surface area contributed by atoms with Crippen LogP contribution in [0.5, 0.6) is 0 Å². The Bertz CT molecular complexity index is 677. The number of hydrogen-bond donors (Lipinski definition) is 1. The first kappa shape index (κ1) is 15.4. The van der Waals surface area contributed by atoms with Crippen molar-refractivity contribution in [2.75, 3.05) is 12.5 Å². The zero-order chi connectivity index (χ0) is 15.1. The molecule has 1 aromatic carbocycles. The van der Waals surface area contributed by atoms with Gasteiger partial charge in [-0.1, -0.05) is 35.7 Å². The van der Waals surface area contributed by atoms with Crippen molar-refractivity contribution in [2.24, 2.45) is 4.99 Å². The minimum absolute atomic E-state index is 0.567. The topological polar surface area (TPSA) is 74.0 Å². The molecule has 2 rings (SSSR count). The first-order chi connectivity index (χ1) is 10.3. The summed E-state index contributed by atoms with van der Waals surface area (Å²) in [4.78, 5) is 13.0. The number of nitrogens with zero attached hydrogens (tertiary/aromatic N) is 4. The third kappa shape index (κ3) is 4.21. The van der Waals surface area contributed by atoms with E-state index < -0.39 is 0 Å². The van der Waals surface area contributed by atoms with Crippen LogP contribution in [0.1, 0.15) is 0 Å². The molecule has 0 amide bonds. The number of nitriles is 1. The second-order valence-electron chi connectivity index (χ2n) is 3.83. The first-order valence-corrected chi connectivity index (χ1v) is 8.47. The van der Waals surface area contributed by atoms with Crippen molar-refractivity contribution in [3.05, 3.63) is 36.5 Å². The van der Waals surface area contributed by atoms with Gasteiger partial charge < -0.3 is 0 Å². The van der Waals surface area contributed by atoms with Crippen LogP contribution >= 0.6 is 23.5 Å². The Kier molecular flexibility index (Phi) is 5.60. The molecule has 1 N–H and O–H groups in total. The number of hydrogen-bond acceptors (Lipinski definition) is 6. The fourth-order valence-electron chi connectivity index (χ4n) is 1.60. The molecule has 0 unspecified atom stereocenters. The van der Waals surface area contributed by atoms with Crippen LogP contribution in [0.3, 0.4) is 0 Å². The highest BCUT2D eigenvalue weighted by Crippen LogP contribution is 2.22. The predicted octanol–water partition coefficient (Wildman–Crippen LogP) is 3.29. The molecule has 0 aliphatic carbocycles. The van der Waals surface area contributed by atoms with E-state index in [1.807, 2.05) is 49.0 Å². The molecule has 2 aromatic rings. The fraction of sp³-hybridized carbons (Fsp3) is 0.143. The maximum Gasteiger partial charge on any atom is 0.187 e. The highest BCUT2D eigenvalue weighted by molar-refractivity contribution is 8.13. The maximum absolute atomic E-state index is 8.62. The number of benzene rings is 1. The van der Waals surface area contributed by atoms with E-state index in [0.29, 0.717) is 5.17 Å². The van der Waals surface area contributed by atoms with Gasteiger partial charge >= 0.3 is 0 Å². The summed E-state index contributed by atoms with van der Waals surface area (Å²) >= 11 is 2.90. The molecule has 1 aromatic heterocycles. The zero-order valence-corrected chi connectivity index (χ0v) is 13.2. The lowest BCUT2D eigenvalue weighted by Crippen LogP contribution is -2.12. The van der Waals surface area contributed by atoms with Gasteiger partial charge in [-0.3, -0.25) is 5.32 Å². The van der Waals surface area contributed by atoms with Crippen molar-refractivity contribution in [1.29, 1.82) is 5.26 Å². The first-order valence-electron chi connectivity index (χ1n) is 6.02. The molecule has 0 aliphatic rings. The van der Waals surface area contributed by atoms with Crippen LogP contribution in [-0.2, 0) is 0 Å². The summed E-state index contributed by atoms with van der Waals surface area (Å²) in [6.45, 7) is 0. The molecule has 0 saturated carbocycles. The Morgan fingerprint density at radius 2 is 2.00 bits per heavy atom. The summed E-state index contributed by atoms with van der Waals surface area (Å²) in [5, 5.41) is 12.5. The quantitative estimate of drug-likeness (QED) is 0.234. The average Bonchev–Trinajstić information content (AvgIpc) is 2.55. The highest BCUT2D eigenvalue weighted by atomic mass is 32.2. The molecule has 0 aliphatic heterocycles. The maximum atomic E-state index is 8.62. The molecule has 21 heavy (non-hydrogen) atoms. The molecule has 0 fully saturated rings. The molecule has 1 heterocycles. The van der Waals surface area contributed by atoms with Gasteiger partial charge in [-0.25, -0.2) is 15.0 Å². The minimum atomic E-state index is 0.567. The van der Waals surface area contributed by atoms with Crippen LogP contribution in [-0.4, -0.2) is 27.6 Å². The monoisotopic (exact) mass is 315 g/mol. The SMILES string of the molecule is CSC(=Nc1ccc(-c2ccnc(SC)n2)cc1)NC#N. The summed E-state index contributed by atoms with van der Waals surface area (Å²) < 4.78 is 0. The Balaban J connectivity index is 2.24. The molecule has 106 valence electrons. The zero-order valence-electron chi connectivity index (χ0n) is 11.6. The minimum Gasteiger partial charge on any atom is -0.271 e. The molecule has 7 heteroatoms. The number of nitrogens with one attached hydrogen (secondary N) is 1. The lowest BCUT2D eigenvalue weighted by atomic mass is 10.1. The third-order valence-corrected chi connectivity index (χ3v) is 3.71. The van der Waals surface area contributed by atoms with E-state index in [-0.39, 0.29) is 0 Å². The largest absolute Gasteiger partial charge is 0.271 e. The van der Waals surface area contributed by atoms with Crippen molar-refractivity contribution in [2.45, 2.75) is 5.16 Å². The van der Waals surface area contributed by atoms with E-state index in [1.54, 1.807) is 6.20 Å². The summed E-state index contributed by atoms with van der Waals surface area (Å²) in [7, 11) is 0. The predicted molar refractivity (Wildman–Crippen MR) is 88.6 cm³/mol. The standard InChI is InChI=1S/C14H13N5S2/c1-20-13-16-8-7-12(19-13)10-3-5-11(6-4-10)18-14(21-2)17-9-15/h3-8H,1-2H3,(H,17,18). The molecule has 0 atom stereocenters. The van der Waals surface area contributed by atoms with Gasteiger partial charge in [0.2, 0.25) is 0 Å². The summed E-state index contributed by atoms with van der Waals surface area (Å²) in [5.74, 6) is 0. The Morgan fingerprint density at radius 1 is 1.24 bits per heavy atom. The normalized spacial score (nSPS) is 11.0. The van der Waals surface area contributed by atoms with Crippen LogP contribution < -0.4 is 5.32 Å². The molecule has 5 nitrogen and oxygen atoms in total. The van der Waals surface area contributed by atoms with Gasteiger partial charge in [-0.2, -0.15) is 5.26 Å². The summed E-state index contributed by atoms with van der Waals surface area (Å²) in [5.41, 5.74) is 2.67. The molecule has 0 bridgehead atoms. The van der Waals surface area contributed by atoms with Gasteiger partial charge in [0.25, 0.3) is 0 Å². The van der Waals surface area contributed by atoms with E-state index >= 15 is 0 Å². The van der Waals surface area contributed by atoms with Gasteiger partial charge in [0.15, 0.2) is 16.5 Å². The lowest BCUT2D eigenvalue weighted by molar-refractivity contribution is 0.976. The number of aromatic nitrogens is 2. The van der Waals surface area contributed by atoms with Gasteiger partial charge in [0, 0.05) is 11.8 Å². The molecular formula is C14H13N5S2. The molecule has 0 spiro atoms. The number of rotatable bonds is 3. The van der Waals surface area contributed by atoms with Crippen molar-refractivity contribution in [3.63, 3.8) is 0 Å². The van der Waals surface area contributed by atoms with Crippen LogP contribution in [0, 0.1) is 11.5 Å². The van der Waals surface area contributed by atoms with Crippen molar-refractivity contribution in [3.8, 4) is 17.5 Å². The average molecular weight is 315 g/mol. The van der Waals surface area contributed by atoms with Crippen LogP contribution in [0.25, 0.3) is 11.3 Å². The smallest absolute Gasteiger partial charge is 0.187 e. The van der Waals surface area contributed by atoms with Crippen LogP contribution in [0.2, 0.25) is 0 Å². The summed E-state index contributed by atoms with van der Waals surface area (Å²) in [6.07, 6.45) is 7.43. The Morgan fingerprint density at radius 3 is 2.62 bits per heavy atom. The van der Waals surface area contributed by atoms with Crippen molar-refractivity contribution in [1.82, 2.24) is 15.3 Å². The number of aliphatic imine (C=N–C) groups is 1. The van der Waals surface area contributed by atoms with Gasteiger partial charge in [0.05, 0.1) is 11.4 Å². The van der Waals surface area contributed by atoms with Crippen molar-refractivity contribution < 1.29 is 0 Å². The Labute approximate surface area is 131 Å². The Hall–Kier alpha value is -2.04. The number of amidine groups is 1. The number of thioether (sulfide) groups is 2. The van der Waals surface area contributed by atoms with E-state index in [0.717, 1.165) is 22.1 Å². The van der Waals surface area contributed by atoms with E-state index in [1.165, 1.54) is 23.5 Å². The molecule has 0 radical (unpaired) electrons. The second-order valence-corrected chi connectivity index (χ2v) is 5.40. The summed E-state index contributed by atoms with van der Waals surface area (Å²) in [6, 6.07) is 9.57. The van der Waals surface area contributed by atoms with Crippen molar-refractivity contribution >= 4 is 34.4 Å². The highest BCUT2D eigenvalue weighted by Gasteiger charge is 2.02. The molecular weight excluding hydrogens is 302 g/mol. The van der Waals surface area contributed by atoms with Crippen LogP contribution in [0.4, 0.5) is 5.69 Å². The van der Waals surface area contributed by atoms with Gasteiger partial charge in [-0.15, -0.1) is 0 Å². The van der Waals surface area contributed by atoms with E-state index in [9.17, 15) is 0 Å². The van der Waals surface area contributed by atoms with E-state index in [4.69, 9.17) is 5.26 Å². The lowest BCUT2D eigenvalue weighted by Gasteiger charge is -2.03.